The summed E-state index contributed by atoms with van der Waals surface area (Å²) in [6, 6.07) is 4.71. The van der Waals surface area contributed by atoms with Crippen molar-refractivity contribution >= 4 is 15.9 Å². The Bertz CT molecular complexity index is 699. The van der Waals surface area contributed by atoms with Gasteiger partial charge in [0.05, 0.1) is 18.6 Å². The van der Waals surface area contributed by atoms with E-state index in [0.717, 1.165) is 6.42 Å². The fourth-order valence-electron chi connectivity index (χ4n) is 2.74. The molecule has 1 fully saturated rings. The molecule has 1 aromatic carbocycles. The molecule has 0 radical (unpaired) electrons. The molecule has 1 saturated heterocycles. The van der Waals surface area contributed by atoms with Crippen LogP contribution in [0.15, 0.2) is 23.1 Å². The minimum absolute atomic E-state index is 0.103. The third-order valence-electron chi connectivity index (χ3n) is 4.30. The smallest absolute Gasteiger partial charge is 0.242 e. The van der Waals surface area contributed by atoms with Crippen molar-refractivity contribution in [1.29, 1.82) is 0 Å². The Hall–Kier alpha value is -1.64. The van der Waals surface area contributed by atoms with Gasteiger partial charge < -0.3 is 14.8 Å². The molecule has 8 heteroatoms. The number of amides is 1. The number of carbonyl (C=O) groups is 1. The third kappa shape index (κ3) is 4.93. The summed E-state index contributed by atoms with van der Waals surface area (Å²) in [5, 5.41) is 2.75. The molecule has 25 heavy (non-hydrogen) atoms. The van der Waals surface area contributed by atoms with Crippen LogP contribution in [0, 0.1) is 5.92 Å². The Morgan fingerprint density at radius 2 is 2.20 bits per heavy atom. The largest absolute Gasteiger partial charge is 0.496 e. The summed E-state index contributed by atoms with van der Waals surface area (Å²) in [5.74, 6) is 0.664. The Kier molecular flexibility index (Phi) is 6.80. The van der Waals surface area contributed by atoms with E-state index in [9.17, 15) is 13.2 Å². The van der Waals surface area contributed by atoms with Gasteiger partial charge in [-0.3, -0.25) is 4.79 Å². The van der Waals surface area contributed by atoms with Gasteiger partial charge in [-0.2, -0.15) is 0 Å². The first-order valence-corrected chi connectivity index (χ1v) is 9.80. The number of carbonyl (C=O) groups excluding carboxylic acids is 1. The highest BCUT2D eigenvalue weighted by Gasteiger charge is 2.26. The first-order valence-electron chi connectivity index (χ1n) is 8.36. The van der Waals surface area contributed by atoms with E-state index in [2.05, 4.69) is 5.32 Å². The number of benzene rings is 1. The van der Waals surface area contributed by atoms with Crippen molar-refractivity contribution in [1.82, 2.24) is 9.62 Å². The van der Waals surface area contributed by atoms with Crippen molar-refractivity contribution in [2.75, 3.05) is 33.9 Å². The highest BCUT2D eigenvalue weighted by Crippen LogP contribution is 2.25. The van der Waals surface area contributed by atoms with E-state index in [0.29, 0.717) is 37.5 Å². The second kappa shape index (κ2) is 8.64. The van der Waals surface area contributed by atoms with Crippen LogP contribution in [0.2, 0.25) is 0 Å². The molecule has 1 N–H and O–H groups in total. The van der Waals surface area contributed by atoms with Crippen LogP contribution in [-0.4, -0.2) is 52.5 Å². The number of nitrogens with one attached hydrogen (secondary N) is 1. The quantitative estimate of drug-likeness (QED) is 0.747. The molecule has 0 unspecified atom stereocenters. The lowest BCUT2D eigenvalue weighted by Crippen LogP contribution is -2.32. The third-order valence-corrected chi connectivity index (χ3v) is 6.12. The molecule has 0 aromatic heterocycles. The van der Waals surface area contributed by atoms with Crippen LogP contribution in [0.1, 0.15) is 25.3 Å². The van der Waals surface area contributed by atoms with Gasteiger partial charge in [-0.05, 0) is 30.5 Å². The Balaban J connectivity index is 2.19. The van der Waals surface area contributed by atoms with Gasteiger partial charge in [-0.25, -0.2) is 12.7 Å². The normalized spacial score (nSPS) is 17.7. The van der Waals surface area contributed by atoms with Crippen molar-refractivity contribution in [3.05, 3.63) is 23.8 Å². The number of ether oxygens (including phenoxy) is 2. The maximum absolute atomic E-state index is 12.8. The van der Waals surface area contributed by atoms with Crippen LogP contribution in [-0.2, 0) is 26.1 Å². The maximum Gasteiger partial charge on any atom is 0.242 e. The topological polar surface area (TPSA) is 84.9 Å². The molecule has 1 heterocycles. The summed E-state index contributed by atoms with van der Waals surface area (Å²) < 4.78 is 37.6. The van der Waals surface area contributed by atoms with E-state index in [4.69, 9.17) is 9.47 Å². The molecule has 1 aliphatic heterocycles. The average Bonchev–Trinajstić information content (AvgIpc) is 3.12. The lowest BCUT2D eigenvalue weighted by Gasteiger charge is -2.21. The molecular formula is C17H26N2O5S. The minimum Gasteiger partial charge on any atom is -0.496 e. The molecule has 0 spiro atoms. The van der Waals surface area contributed by atoms with Crippen molar-refractivity contribution in [3.8, 4) is 5.75 Å². The summed E-state index contributed by atoms with van der Waals surface area (Å²) >= 11 is 0. The van der Waals surface area contributed by atoms with Crippen LogP contribution < -0.4 is 10.1 Å². The molecule has 0 aliphatic carbocycles. The van der Waals surface area contributed by atoms with Crippen molar-refractivity contribution in [3.63, 3.8) is 0 Å². The van der Waals surface area contributed by atoms with Gasteiger partial charge in [0.1, 0.15) is 5.75 Å². The van der Waals surface area contributed by atoms with Crippen LogP contribution in [0.25, 0.3) is 0 Å². The van der Waals surface area contributed by atoms with Gasteiger partial charge >= 0.3 is 0 Å². The summed E-state index contributed by atoms with van der Waals surface area (Å²) in [7, 11) is -0.514. The Morgan fingerprint density at radius 1 is 1.44 bits per heavy atom. The molecular weight excluding hydrogens is 344 g/mol. The van der Waals surface area contributed by atoms with Gasteiger partial charge in [0.2, 0.25) is 15.9 Å². The number of sulfonamides is 1. The number of hydrogen-bond donors (Lipinski definition) is 1. The Labute approximate surface area is 149 Å². The lowest BCUT2D eigenvalue weighted by molar-refractivity contribution is -0.120. The number of methoxy groups -OCH3 is 1. The molecule has 140 valence electrons. The second-order valence-electron chi connectivity index (χ2n) is 6.12. The maximum atomic E-state index is 12.8. The molecule has 0 bridgehead atoms. The van der Waals surface area contributed by atoms with Crippen LogP contribution in [0.4, 0.5) is 0 Å². The minimum atomic E-state index is -3.61. The highest BCUT2D eigenvalue weighted by molar-refractivity contribution is 7.89. The van der Waals surface area contributed by atoms with E-state index >= 15 is 0 Å². The monoisotopic (exact) mass is 370 g/mol. The van der Waals surface area contributed by atoms with Gasteiger partial charge in [-0.1, -0.05) is 6.92 Å². The van der Waals surface area contributed by atoms with Crippen molar-refractivity contribution < 1.29 is 22.7 Å². The Morgan fingerprint density at radius 3 is 2.80 bits per heavy atom. The van der Waals surface area contributed by atoms with Crippen LogP contribution >= 0.6 is 0 Å². The predicted octanol–water partition coefficient (Wildman–Crippen LogP) is 1.38. The van der Waals surface area contributed by atoms with E-state index in [1.807, 2.05) is 0 Å². The summed E-state index contributed by atoms with van der Waals surface area (Å²) in [5.41, 5.74) is 0.628. The standard InChI is InChI=1S/C17H26N2O5S/c1-4-17(20)18-10-14-9-15(5-6-16(14)23-3)25(21,22)19(2)11-13-7-8-24-12-13/h5-6,9,13H,4,7-8,10-12H2,1-3H3,(H,18,20)/t13-/m1/s1. The first-order chi connectivity index (χ1) is 11.9. The summed E-state index contributed by atoms with van der Waals surface area (Å²) in [6.07, 6.45) is 1.24. The predicted molar refractivity (Wildman–Crippen MR) is 93.9 cm³/mol. The molecule has 7 nitrogen and oxygen atoms in total. The number of hydrogen-bond acceptors (Lipinski definition) is 5. The van der Waals surface area contributed by atoms with Gasteiger partial charge in [0, 0.05) is 38.7 Å². The second-order valence-corrected chi connectivity index (χ2v) is 8.16. The van der Waals surface area contributed by atoms with E-state index in [1.54, 1.807) is 26.1 Å². The zero-order chi connectivity index (χ0) is 18.4. The SMILES string of the molecule is CCC(=O)NCc1cc(S(=O)(=O)N(C)C[C@H]2CCOC2)ccc1OC. The van der Waals surface area contributed by atoms with E-state index in [1.165, 1.54) is 17.5 Å². The van der Waals surface area contributed by atoms with Gasteiger partial charge in [0.25, 0.3) is 0 Å². The van der Waals surface area contributed by atoms with Gasteiger partial charge in [-0.15, -0.1) is 0 Å². The fraction of sp³-hybridized carbons (Fsp3) is 0.588. The molecule has 1 atom stereocenters. The zero-order valence-corrected chi connectivity index (χ0v) is 15.8. The number of nitrogens with zero attached hydrogens (tertiary/aromatic N) is 1. The fourth-order valence-corrected chi connectivity index (χ4v) is 4.04. The molecule has 1 aliphatic rings. The van der Waals surface area contributed by atoms with Crippen LogP contribution in [0.3, 0.4) is 0 Å². The first kappa shape index (κ1) is 19.7. The molecule has 1 amide bonds. The number of rotatable bonds is 8. The highest BCUT2D eigenvalue weighted by atomic mass is 32.2. The van der Waals surface area contributed by atoms with Crippen molar-refractivity contribution in [2.24, 2.45) is 5.92 Å². The molecule has 0 saturated carbocycles. The van der Waals surface area contributed by atoms with Crippen molar-refractivity contribution in [2.45, 2.75) is 31.2 Å². The van der Waals surface area contributed by atoms with E-state index in [-0.39, 0.29) is 23.3 Å². The van der Waals surface area contributed by atoms with Gasteiger partial charge in [0.15, 0.2) is 0 Å². The average molecular weight is 370 g/mol. The van der Waals surface area contributed by atoms with E-state index < -0.39 is 10.0 Å². The summed E-state index contributed by atoms with van der Waals surface area (Å²) in [4.78, 5) is 11.7. The van der Waals surface area contributed by atoms with Crippen LogP contribution in [0.5, 0.6) is 5.75 Å². The molecule has 1 aromatic rings. The summed E-state index contributed by atoms with van der Waals surface area (Å²) in [6.45, 7) is 3.68. The zero-order valence-electron chi connectivity index (χ0n) is 14.9. The lowest BCUT2D eigenvalue weighted by atomic mass is 10.1. The molecule has 2 rings (SSSR count).